The second-order valence-electron chi connectivity index (χ2n) is 8.44. The van der Waals surface area contributed by atoms with Crippen LogP contribution in [-0.4, -0.2) is 56.1 Å². The summed E-state index contributed by atoms with van der Waals surface area (Å²) in [5, 5.41) is 0. The number of hydrogen-bond donors (Lipinski definition) is 0. The van der Waals surface area contributed by atoms with E-state index >= 15 is 0 Å². The van der Waals surface area contributed by atoms with Crippen molar-refractivity contribution in [2.45, 2.75) is 60.3 Å². The van der Waals surface area contributed by atoms with E-state index in [9.17, 15) is 4.79 Å². The Balaban J connectivity index is 0. The lowest BCUT2D eigenvalue weighted by molar-refractivity contribution is -0.869. The van der Waals surface area contributed by atoms with E-state index in [4.69, 9.17) is 0 Å². The predicted octanol–water partition coefficient (Wildman–Crippen LogP) is 1.96. The maximum absolute atomic E-state index is 11.8. The van der Waals surface area contributed by atoms with E-state index in [0.717, 1.165) is 49.8 Å². The minimum atomic E-state index is 0. The minimum absolute atomic E-state index is 0. The van der Waals surface area contributed by atoms with Gasteiger partial charge < -0.3 is 21.8 Å². The third-order valence-electron chi connectivity index (χ3n) is 4.27. The predicted molar refractivity (Wildman–Crippen MR) is 111 cm³/mol. The van der Waals surface area contributed by atoms with E-state index in [1.807, 2.05) is 4.90 Å². The molecule has 0 unspecified atom stereocenters. The van der Waals surface area contributed by atoms with E-state index < -0.39 is 0 Å². The highest BCUT2D eigenvalue weighted by Gasteiger charge is 2.13. The van der Waals surface area contributed by atoms with Gasteiger partial charge in [-0.25, -0.2) is 0 Å². The van der Waals surface area contributed by atoms with Gasteiger partial charge >= 0.3 is 0 Å². The molecule has 0 saturated heterocycles. The summed E-state index contributed by atoms with van der Waals surface area (Å²) in [6, 6.07) is 0. The number of hydrogen-bond acceptors (Lipinski definition) is 1. The number of carbonyl (C=O) groups is 1. The van der Waals surface area contributed by atoms with Crippen molar-refractivity contribution >= 4 is 5.91 Å². The first-order valence-electron chi connectivity index (χ1n) is 9.52. The first-order chi connectivity index (χ1) is 11.5. The molecule has 0 aliphatic heterocycles. The van der Waals surface area contributed by atoms with Crippen LogP contribution < -0.4 is 12.4 Å². The van der Waals surface area contributed by atoms with Crippen molar-refractivity contribution in [3.05, 3.63) is 34.9 Å². The molecule has 152 valence electrons. The van der Waals surface area contributed by atoms with Gasteiger partial charge in [-0.2, -0.15) is 0 Å². The summed E-state index contributed by atoms with van der Waals surface area (Å²) in [7, 11) is 6.48. The van der Waals surface area contributed by atoms with E-state index in [0.29, 0.717) is 0 Å². The lowest BCUT2D eigenvalue weighted by Crippen LogP contribution is -3.00. The smallest absolute Gasteiger partial charge is 0.219 e. The quantitative estimate of drug-likeness (QED) is 0.394. The zero-order chi connectivity index (χ0) is 19.5. The lowest BCUT2D eigenvalue weighted by Gasteiger charge is -2.28. The molecule has 0 aromatic rings. The van der Waals surface area contributed by atoms with Crippen molar-refractivity contribution < 1.29 is 21.7 Å². The number of nitrogens with zero attached hydrogens (tertiary/aromatic N) is 2. The number of allylic oxidation sites excluding steroid dienone is 5. The highest BCUT2D eigenvalue weighted by atomic mass is 35.5. The summed E-state index contributed by atoms with van der Waals surface area (Å²) in [5.74, 6) is 0.160. The molecule has 3 nitrogen and oxygen atoms in total. The Labute approximate surface area is 168 Å². The molecule has 0 fully saturated rings. The number of carbonyl (C=O) groups excluding carboxylic acids is 1. The van der Waals surface area contributed by atoms with Crippen molar-refractivity contribution in [2.75, 3.05) is 40.8 Å². The van der Waals surface area contributed by atoms with Crippen LogP contribution >= 0.6 is 0 Å². The van der Waals surface area contributed by atoms with E-state index in [-0.39, 0.29) is 18.3 Å². The Morgan fingerprint density at radius 1 is 0.846 bits per heavy atom. The number of likely N-dealkylation sites (N-methyl/N-ethyl adjacent to an activating group) is 1. The maximum Gasteiger partial charge on any atom is 0.219 e. The fraction of sp³-hybridized carbons (Fsp3) is 0.682. The molecule has 0 atom stereocenters. The van der Waals surface area contributed by atoms with Gasteiger partial charge in [-0.1, -0.05) is 34.9 Å². The van der Waals surface area contributed by atoms with Gasteiger partial charge in [-0.15, -0.1) is 0 Å². The second kappa shape index (κ2) is 14.1. The minimum Gasteiger partial charge on any atom is -1.00 e. The van der Waals surface area contributed by atoms with E-state index in [1.165, 1.54) is 16.7 Å². The molecular weight excluding hydrogens is 344 g/mol. The molecule has 4 heteroatoms. The molecule has 0 radical (unpaired) electrons. The summed E-state index contributed by atoms with van der Waals surface area (Å²) < 4.78 is 0.878. The third-order valence-corrected chi connectivity index (χ3v) is 4.27. The number of rotatable bonds is 11. The highest BCUT2D eigenvalue weighted by Crippen LogP contribution is 2.11. The van der Waals surface area contributed by atoms with Gasteiger partial charge in [-0.3, -0.25) is 4.79 Å². The Morgan fingerprint density at radius 2 is 1.35 bits per heavy atom. The van der Waals surface area contributed by atoms with Crippen LogP contribution in [0.3, 0.4) is 0 Å². The number of halogens is 1. The summed E-state index contributed by atoms with van der Waals surface area (Å²) in [5.41, 5.74) is 4.23. The van der Waals surface area contributed by atoms with Crippen LogP contribution in [0.25, 0.3) is 0 Å². The zero-order valence-electron chi connectivity index (χ0n) is 18.4. The fourth-order valence-corrected chi connectivity index (χ4v) is 2.40. The van der Waals surface area contributed by atoms with Crippen molar-refractivity contribution in [3.63, 3.8) is 0 Å². The Morgan fingerprint density at radius 3 is 1.81 bits per heavy atom. The highest BCUT2D eigenvalue weighted by molar-refractivity contribution is 5.73. The van der Waals surface area contributed by atoms with Crippen molar-refractivity contribution in [1.29, 1.82) is 0 Å². The topological polar surface area (TPSA) is 20.3 Å². The third kappa shape index (κ3) is 16.4. The first-order valence-corrected chi connectivity index (χ1v) is 9.52. The van der Waals surface area contributed by atoms with Crippen molar-refractivity contribution in [1.82, 2.24) is 4.90 Å². The van der Waals surface area contributed by atoms with Gasteiger partial charge in [0.15, 0.2) is 0 Å². The SMILES string of the molecule is CC(=O)N(CC=C(C)CCC=C(C)CCC=C(C)C)CC[N+](C)(C)C.[Cl-]. The molecule has 0 N–H and O–H groups in total. The monoisotopic (exact) mass is 384 g/mol. The molecule has 0 heterocycles. The number of amides is 1. The Bertz CT molecular complexity index is 495. The normalized spacial score (nSPS) is 12.5. The molecule has 0 aliphatic carbocycles. The summed E-state index contributed by atoms with van der Waals surface area (Å²) in [6.07, 6.45) is 11.3. The Hall–Kier alpha value is -1.06. The summed E-state index contributed by atoms with van der Waals surface area (Å²) in [4.78, 5) is 13.7. The van der Waals surface area contributed by atoms with E-state index in [2.05, 4.69) is 67.1 Å². The maximum atomic E-state index is 11.8. The van der Waals surface area contributed by atoms with Gasteiger partial charge in [0.1, 0.15) is 0 Å². The van der Waals surface area contributed by atoms with Crippen LogP contribution in [0, 0.1) is 0 Å². The fourth-order valence-electron chi connectivity index (χ4n) is 2.40. The molecule has 0 rings (SSSR count). The van der Waals surface area contributed by atoms with Crippen LogP contribution in [-0.2, 0) is 4.79 Å². The lowest BCUT2D eigenvalue weighted by atomic mass is 10.1. The van der Waals surface area contributed by atoms with Gasteiger partial charge in [0.05, 0.1) is 34.2 Å². The summed E-state index contributed by atoms with van der Waals surface area (Å²) in [6.45, 7) is 12.9. The average molecular weight is 385 g/mol. The number of quaternary nitrogens is 1. The van der Waals surface area contributed by atoms with Crippen molar-refractivity contribution in [3.8, 4) is 0 Å². The van der Waals surface area contributed by atoms with Crippen LogP contribution in [0.1, 0.15) is 60.3 Å². The van der Waals surface area contributed by atoms with Gasteiger partial charge in [0, 0.05) is 13.5 Å². The van der Waals surface area contributed by atoms with Gasteiger partial charge in [0.25, 0.3) is 0 Å². The molecule has 0 saturated carbocycles. The zero-order valence-corrected chi connectivity index (χ0v) is 19.1. The molecule has 0 aromatic carbocycles. The van der Waals surface area contributed by atoms with Gasteiger partial charge in [-0.05, 0) is 53.4 Å². The standard InChI is InChI=1S/C22H41N2O.ClH/c1-19(2)11-9-12-20(3)13-10-14-21(4)15-16-23(22(5)25)17-18-24(6,7)8;/h11,13,15H,9-10,12,14,16-18H2,1-8H3;1H/q+1;/p-1. The average Bonchev–Trinajstić information content (AvgIpc) is 2.45. The van der Waals surface area contributed by atoms with Crippen molar-refractivity contribution in [2.24, 2.45) is 0 Å². The molecule has 26 heavy (non-hydrogen) atoms. The molecule has 1 amide bonds. The summed E-state index contributed by atoms with van der Waals surface area (Å²) >= 11 is 0. The first kappa shape index (κ1) is 27.2. The van der Waals surface area contributed by atoms with E-state index in [1.54, 1.807) is 6.92 Å². The second-order valence-corrected chi connectivity index (χ2v) is 8.44. The van der Waals surface area contributed by atoms with Crippen LogP contribution in [0.2, 0.25) is 0 Å². The van der Waals surface area contributed by atoms with Crippen LogP contribution in [0.5, 0.6) is 0 Å². The molecular formula is C22H41ClN2O. The molecule has 0 bridgehead atoms. The van der Waals surface area contributed by atoms with Crippen LogP contribution in [0.15, 0.2) is 34.9 Å². The Kier molecular flexibility index (Phi) is 14.7. The largest absolute Gasteiger partial charge is 1.00 e. The van der Waals surface area contributed by atoms with Gasteiger partial charge in [0.2, 0.25) is 5.91 Å². The van der Waals surface area contributed by atoms with Crippen LogP contribution in [0.4, 0.5) is 0 Å². The molecule has 0 spiro atoms. The molecule has 0 aliphatic rings. The molecule has 0 aromatic heterocycles.